The van der Waals surface area contributed by atoms with E-state index in [0.29, 0.717) is 0 Å². The number of amides is 1. The van der Waals surface area contributed by atoms with Crippen molar-refractivity contribution in [2.75, 3.05) is 6.61 Å². The van der Waals surface area contributed by atoms with Crippen molar-refractivity contribution in [1.29, 1.82) is 0 Å². The fourth-order valence-electron chi connectivity index (χ4n) is 0.890. The summed E-state index contributed by atoms with van der Waals surface area (Å²) < 4.78 is 35.0. The Morgan fingerprint density at radius 2 is 2.12 bits per heavy atom. The Balaban J connectivity index is 2.47. The molecule has 1 aromatic rings. The molecule has 0 aliphatic rings. The number of hydroxylamine groups is 1. The molecule has 2 N–H and O–H groups in total. The van der Waals surface area contributed by atoms with Gasteiger partial charge in [0.2, 0.25) is 0 Å². The maximum Gasteiger partial charge on any atom is 0.414 e. The number of phenols is 1. The molecule has 0 saturated carbocycles. The summed E-state index contributed by atoms with van der Waals surface area (Å²) in [5, 5.41) is 9.02. The SMILES string of the molecule is O=C(NOCC(F)(F)F)c1cccc(O)c1. The summed E-state index contributed by atoms with van der Waals surface area (Å²) in [6, 6.07) is 5.14. The van der Waals surface area contributed by atoms with Crippen molar-refractivity contribution < 1.29 is 27.9 Å². The third kappa shape index (κ3) is 4.18. The number of halogens is 3. The highest BCUT2D eigenvalue weighted by Gasteiger charge is 2.28. The zero-order chi connectivity index (χ0) is 12.2. The molecule has 1 amide bonds. The van der Waals surface area contributed by atoms with Gasteiger partial charge in [-0.1, -0.05) is 6.07 Å². The van der Waals surface area contributed by atoms with Crippen LogP contribution in [0.15, 0.2) is 24.3 Å². The second kappa shape index (κ2) is 4.84. The predicted molar refractivity (Wildman–Crippen MR) is 47.6 cm³/mol. The molecule has 0 aliphatic heterocycles. The van der Waals surface area contributed by atoms with E-state index in [-0.39, 0.29) is 11.3 Å². The van der Waals surface area contributed by atoms with E-state index in [0.717, 1.165) is 6.07 Å². The number of alkyl halides is 3. The van der Waals surface area contributed by atoms with Gasteiger partial charge < -0.3 is 5.11 Å². The first kappa shape index (κ1) is 12.3. The molecule has 4 nitrogen and oxygen atoms in total. The van der Waals surface area contributed by atoms with Crippen LogP contribution in [0.1, 0.15) is 10.4 Å². The summed E-state index contributed by atoms with van der Waals surface area (Å²) in [6.45, 7) is -1.57. The van der Waals surface area contributed by atoms with Crippen LogP contribution in [-0.2, 0) is 4.84 Å². The second-order valence-corrected chi connectivity index (χ2v) is 2.89. The molecule has 0 unspecified atom stereocenters. The number of nitrogens with one attached hydrogen (secondary N) is 1. The van der Waals surface area contributed by atoms with Gasteiger partial charge in [-0.25, -0.2) is 5.48 Å². The van der Waals surface area contributed by atoms with Crippen LogP contribution >= 0.6 is 0 Å². The van der Waals surface area contributed by atoms with Gasteiger partial charge in [0.15, 0.2) is 6.61 Å². The molecular formula is C9H8F3NO3. The number of phenolic OH excluding ortho intramolecular Hbond substituents is 1. The number of carbonyl (C=O) groups is 1. The summed E-state index contributed by atoms with van der Waals surface area (Å²) in [6.07, 6.45) is -4.51. The molecular weight excluding hydrogens is 227 g/mol. The number of benzene rings is 1. The topological polar surface area (TPSA) is 58.6 Å². The molecule has 0 bridgehead atoms. The molecule has 0 atom stereocenters. The van der Waals surface area contributed by atoms with Gasteiger partial charge in [-0.2, -0.15) is 13.2 Å². The van der Waals surface area contributed by atoms with Gasteiger partial charge in [-0.3, -0.25) is 9.63 Å². The van der Waals surface area contributed by atoms with Crippen molar-refractivity contribution in [3.63, 3.8) is 0 Å². The third-order valence-electron chi connectivity index (χ3n) is 1.51. The van der Waals surface area contributed by atoms with E-state index < -0.39 is 18.7 Å². The highest BCUT2D eigenvalue weighted by Crippen LogP contribution is 2.14. The minimum Gasteiger partial charge on any atom is -0.508 e. The fourth-order valence-corrected chi connectivity index (χ4v) is 0.890. The van der Waals surface area contributed by atoms with Crippen LogP contribution in [0.2, 0.25) is 0 Å². The largest absolute Gasteiger partial charge is 0.508 e. The lowest BCUT2D eigenvalue weighted by Crippen LogP contribution is -2.29. The van der Waals surface area contributed by atoms with Gasteiger partial charge >= 0.3 is 6.18 Å². The van der Waals surface area contributed by atoms with Gasteiger partial charge in [0.1, 0.15) is 5.75 Å². The van der Waals surface area contributed by atoms with Crippen molar-refractivity contribution >= 4 is 5.91 Å². The Hall–Kier alpha value is -1.76. The molecule has 0 aromatic heterocycles. The Morgan fingerprint density at radius 3 is 2.69 bits per heavy atom. The highest BCUT2D eigenvalue weighted by atomic mass is 19.4. The van der Waals surface area contributed by atoms with Crippen molar-refractivity contribution in [3.8, 4) is 5.75 Å². The Bertz CT molecular complexity index is 379. The number of carbonyl (C=O) groups excluding carboxylic acids is 1. The van der Waals surface area contributed by atoms with E-state index in [2.05, 4.69) is 4.84 Å². The zero-order valence-electron chi connectivity index (χ0n) is 7.91. The molecule has 0 heterocycles. The van der Waals surface area contributed by atoms with Gasteiger partial charge in [-0.15, -0.1) is 0 Å². The minimum absolute atomic E-state index is 0.00201. The monoisotopic (exact) mass is 235 g/mol. The zero-order valence-corrected chi connectivity index (χ0v) is 7.91. The Kier molecular flexibility index (Phi) is 3.73. The highest BCUT2D eigenvalue weighted by molar-refractivity contribution is 5.93. The molecule has 0 fully saturated rings. The van der Waals surface area contributed by atoms with E-state index in [9.17, 15) is 18.0 Å². The quantitative estimate of drug-likeness (QED) is 0.782. The fraction of sp³-hybridized carbons (Fsp3) is 0.222. The van der Waals surface area contributed by atoms with Crippen molar-refractivity contribution in [3.05, 3.63) is 29.8 Å². The van der Waals surface area contributed by atoms with Crippen LogP contribution in [0.4, 0.5) is 13.2 Å². The average Bonchev–Trinajstić information content (AvgIpc) is 2.15. The van der Waals surface area contributed by atoms with Crippen LogP contribution in [0, 0.1) is 0 Å². The first-order valence-electron chi connectivity index (χ1n) is 4.16. The average molecular weight is 235 g/mol. The second-order valence-electron chi connectivity index (χ2n) is 2.89. The molecule has 88 valence electrons. The lowest BCUT2D eigenvalue weighted by atomic mass is 10.2. The maximum atomic E-state index is 11.7. The lowest BCUT2D eigenvalue weighted by Gasteiger charge is -2.08. The smallest absolute Gasteiger partial charge is 0.414 e. The van der Waals surface area contributed by atoms with Gasteiger partial charge in [0.05, 0.1) is 0 Å². The standard InChI is InChI=1S/C9H8F3NO3/c10-9(11,12)5-16-13-8(15)6-2-1-3-7(14)4-6/h1-4,14H,5H2,(H,13,15). The summed E-state index contributed by atoms with van der Waals surface area (Å²) in [5.41, 5.74) is 1.61. The van der Waals surface area contributed by atoms with Gasteiger partial charge in [-0.05, 0) is 18.2 Å². The maximum absolute atomic E-state index is 11.7. The van der Waals surface area contributed by atoms with Gasteiger partial charge in [0, 0.05) is 5.56 Å². The van der Waals surface area contributed by atoms with E-state index in [1.807, 2.05) is 0 Å². The summed E-state index contributed by atoms with van der Waals surface area (Å²) in [7, 11) is 0. The number of hydrogen-bond donors (Lipinski definition) is 2. The summed E-state index contributed by atoms with van der Waals surface area (Å²) >= 11 is 0. The first-order valence-corrected chi connectivity index (χ1v) is 4.16. The van der Waals surface area contributed by atoms with Crippen molar-refractivity contribution in [1.82, 2.24) is 5.48 Å². The van der Waals surface area contributed by atoms with E-state index >= 15 is 0 Å². The molecule has 7 heteroatoms. The van der Waals surface area contributed by atoms with E-state index in [1.54, 1.807) is 5.48 Å². The number of aromatic hydroxyl groups is 1. The molecule has 0 aliphatic carbocycles. The van der Waals surface area contributed by atoms with E-state index in [1.165, 1.54) is 18.2 Å². The van der Waals surface area contributed by atoms with Crippen LogP contribution in [0.3, 0.4) is 0 Å². The molecule has 0 saturated heterocycles. The first-order chi connectivity index (χ1) is 7.38. The minimum atomic E-state index is -4.51. The Labute approximate surface area is 88.6 Å². The molecule has 0 spiro atoms. The molecule has 1 aromatic carbocycles. The predicted octanol–water partition coefficient (Wildman–Crippen LogP) is 1.62. The normalized spacial score (nSPS) is 11.2. The Morgan fingerprint density at radius 1 is 1.44 bits per heavy atom. The van der Waals surface area contributed by atoms with Gasteiger partial charge in [0.25, 0.3) is 5.91 Å². The summed E-state index contributed by atoms with van der Waals surface area (Å²) in [4.78, 5) is 15.1. The third-order valence-corrected chi connectivity index (χ3v) is 1.51. The number of hydrogen-bond acceptors (Lipinski definition) is 3. The molecule has 16 heavy (non-hydrogen) atoms. The van der Waals surface area contributed by atoms with Crippen LogP contribution < -0.4 is 5.48 Å². The van der Waals surface area contributed by atoms with Crippen molar-refractivity contribution in [2.45, 2.75) is 6.18 Å². The van der Waals surface area contributed by atoms with Crippen molar-refractivity contribution in [2.24, 2.45) is 0 Å². The van der Waals surface area contributed by atoms with Crippen LogP contribution in [-0.4, -0.2) is 23.8 Å². The summed E-state index contributed by atoms with van der Waals surface area (Å²) in [5.74, 6) is -1.02. The lowest BCUT2D eigenvalue weighted by molar-refractivity contribution is -0.184. The molecule has 1 rings (SSSR count). The van der Waals surface area contributed by atoms with E-state index in [4.69, 9.17) is 5.11 Å². The number of rotatable bonds is 3. The van der Waals surface area contributed by atoms with Crippen LogP contribution in [0.5, 0.6) is 5.75 Å². The molecule has 0 radical (unpaired) electrons. The van der Waals surface area contributed by atoms with Crippen LogP contribution in [0.25, 0.3) is 0 Å².